The molecule has 0 radical (unpaired) electrons. The van der Waals surface area contributed by atoms with Gasteiger partial charge < -0.3 is 25.7 Å². The molecule has 4 heterocycles. The van der Waals surface area contributed by atoms with Crippen LogP contribution in [-0.4, -0.2) is 77.5 Å². The number of nitrogens with two attached hydrogens (primary N) is 1. The van der Waals surface area contributed by atoms with Crippen molar-refractivity contribution in [3.8, 4) is 16.9 Å². The lowest BCUT2D eigenvalue weighted by Gasteiger charge is -2.33. The Morgan fingerprint density at radius 3 is 2.47 bits per heavy atom. The fraction of sp³-hybridized carbons (Fsp3) is 0.447. The van der Waals surface area contributed by atoms with Crippen LogP contribution in [0.25, 0.3) is 22.0 Å². The monoisotopic (exact) mass is 742 g/mol. The average molecular weight is 744 g/mol. The molecule has 3 fully saturated rings. The number of hydrogen-bond donors (Lipinski definition) is 3. The van der Waals surface area contributed by atoms with Gasteiger partial charge in [-0.1, -0.05) is 47.5 Å². The van der Waals surface area contributed by atoms with Gasteiger partial charge in [-0.2, -0.15) is 0 Å². The minimum atomic E-state index is -4.76. The SMILES string of the molecule is NC1(C(=O)NCCCn2cc(-c3ccc(OC(F)(F)F)cc3)c3cc(CN4CC5CC4CN(Cc4c(Cl)cccc4Cl)C5)ccc32)CCNCC1. The van der Waals surface area contributed by atoms with Crippen molar-refractivity contribution in [1.29, 1.82) is 0 Å². The number of aromatic nitrogens is 1. The Morgan fingerprint density at radius 2 is 1.75 bits per heavy atom. The summed E-state index contributed by atoms with van der Waals surface area (Å²) in [5.41, 5.74) is 10.4. The molecule has 2 bridgehead atoms. The predicted octanol–water partition coefficient (Wildman–Crippen LogP) is 6.81. The summed E-state index contributed by atoms with van der Waals surface area (Å²) in [5.74, 6) is 0.186. The third kappa shape index (κ3) is 8.34. The molecule has 1 aromatic heterocycles. The normalized spacial score (nSPS) is 20.9. The third-order valence-corrected chi connectivity index (χ3v) is 11.3. The van der Waals surface area contributed by atoms with Gasteiger partial charge in [0.15, 0.2) is 0 Å². The molecule has 8 nitrogen and oxygen atoms in total. The Bertz CT molecular complexity index is 1840. The summed E-state index contributed by atoms with van der Waals surface area (Å²) in [6, 6.07) is 18.6. The Hall–Kier alpha value is -3.32. The first kappa shape index (κ1) is 36.1. The number of carbonyl (C=O) groups is 1. The molecule has 3 aliphatic heterocycles. The minimum Gasteiger partial charge on any atom is -0.406 e. The maximum absolute atomic E-state index is 12.9. The van der Waals surface area contributed by atoms with Crippen LogP contribution in [0, 0.1) is 5.92 Å². The van der Waals surface area contributed by atoms with Gasteiger partial charge in [-0.15, -0.1) is 13.2 Å². The van der Waals surface area contributed by atoms with Crippen LogP contribution in [0.4, 0.5) is 13.2 Å². The molecule has 51 heavy (non-hydrogen) atoms. The van der Waals surface area contributed by atoms with Gasteiger partial charge in [-0.3, -0.25) is 14.6 Å². The van der Waals surface area contributed by atoms with E-state index in [-0.39, 0.29) is 11.7 Å². The molecule has 272 valence electrons. The van der Waals surface area contributed by atoms with Crippen molar-refractivity contribution in [3.63, 3.8) is 0 Å². The Balaban J connectivity index is 1.08. The van der Waals surface area contributed by atoms with E-state index in [1.54, 1.807) is 12.1 Å². The van der Waals surface area contributed by atoms with Crippen LogP contribution >= 0.6 is 23.2 Å². The molecule has 0 saturated carbocycles. The molecule has 0 spiro atoms. The number of rotatable bonds is 11. The van der Waals surface area contributed by atoms with Gasteiger partial charge in [0.1, 0.15) is 5.75 Å². The van der Waals surface area contributed by atoms with Gasteiger partial charge in [-0.25, -0.2) is 0 Å². The Kier molecular flexibility index (Phi) is 10.6. The molecule has 3 aromatic carbocycles. The van der Waals surface area contributed by atoms with Crippen LogP contribution in [0.5, 0.6) is 5.75 Å². The second kappa shape index (κ2) is 15.0. The molecule has 2 unspecified atom stereocenters. The highest BCUT2D eigenvalue weighted by Gasteiger charge is 2.39. The molecular weight excluding hydrogens is 700 g/mol. The lowest BCUT2D eigenvalue weighted by atomic mass is 9.88. The summed E-state index contributed by atoms with van der Waals surface area (Å²) in [6.45, 7) is 7.05. The number of halogens is 5. The number of likely N-dealkylation sites (tertiary alicyclic amines) is 2. The smallest absolute Gasteiger partial charge is 0.406 e. The number of ether oxygens (including phenoxy) is 1. The van der Waals surface area contributed by atoms with E-state index in [4.69, 9.17) is 28.9 Å². The largest absolute Gasteiger partial charge is 0.573 e. The van der Waals surface area contributed by atoms with Crippen LogP contribution in [-0.2, 0) is 24.4 Å². The minimum absolute atomic E-state index is 0.116. The van der Waals surface area contributed by atoms with E-state index < -0.39 is 11.9 Å². The van der Waals surface area contributed by atoms with Gasteiger partial charge in [0.05, 0.1) is 5.54 Å². The van der Waals surface area contributed by atoms with Gasteiger partial charge in [0.25, 0.3) is 0 Å². The number of hydrogen-bond acceptors (Lipinski definition) is 6. The van der Waals surface area contributed by atoms with Crippen molar-refractivity contribution in [2.45, 2.75) is 63.3 Å². The van der Waals surface area contributed by atoms with E-state index in [9.17, 15) is 18.0 Å². The zero-order valence-corrected chi connectivity index (χ0v) is 29.8. The fourth-order valence-electron chi connectivity index (χ4n) is 8.03. The number of aryl methyl sites for hydroxylation is 1. The second-order valence-corrected chi connectivity index (χ2v) is 15.1. The first-order chi connectivity index (χ1) is 24.4. The average Bonchev–Trinajstić information content (AvgIpc) is 3.59. The summed E-state index contributed by atoms with van der Waals surface area (Å²) in [7, 11) is 0. The molecule has 4 N–H and O–H groups in total. The fourth-order valence-corrected chi connectivity index (χ4v) is 8.55. The van der Waals surface area contributed by atoms with Crippen molar-refractivity contribution in [3.05, 3.63) is 88.0 Å². The number of piperidine rings is 2. The van der Waals surface area contributed by atoms with E-state index in [2.05, 4.69) is 47.9 Å². The molecule has 2 atom stereocenters. The number of alkyl halides is 3. The first-order valence-corrected chi connectivity index (χ1v) is 18.3. The number of nitrogens with zero attached hydrogens (tertiary/aromatic N) is 3. The summed E-state index contributed by atoms with van der Waals surface area (Å²) in [5, 5.41) is 8.69. The van der Waals surface area contributed by atoms with Crippen LogP contribution in [0.2, 0.25) is 10.0 Å². The number of nitrogens with one attached hydrogen (secondary N) is 2. The van der Waals surface area contributed by atoms with Crippen molar-refractivity contribution in [1.82, 2.24) is 25.0 Å². The quantitative estimate of drug-likeness (QED) is 0.147. The van der Waals surface area contributed by atoms with Gasteiger partial charge in [0.2, 0.25) is 5.91 Å². The van der Waals surface area contributed by atoms with Crippen molar-refractivity contribution >= 4 is 40.0 Å². The summed E-state index contributed by atoms with van der Waals surface area (Å²) in [6.07, 6.45) is 0.347. The van der Waals surface area contributed by atoms with Gasteiger partial charge in [-0.05, 0) is 92.2 Å². The summed E-state index contributed by atoms with van der Waals surface area (Å²) in [4.78, 5) is 17.9. The highest BCUT2D eigenvalue weighted by atomic mass is 35.5. The molecule has 1 amide bonds. The van der Waals surface area contributed by atoms with Crippen LogP contribution in [0.3, 0.4) is 0 Å². The molecular formula is C38H43Cl2F3N6O2. The standard InChI is InChI=1S/C38H43Cl2F3N6O2/c39-33-3-1-4-34(40)32(33)23-47-19-26-17-28(22-47)49(21-26)20-25-5-10-35-30(18-25)31(27-6-8-29(9-7-27)51-38(41,42)43)24-48(35)16-2-13-46-36(50)37(44)11-14-45-15-12-37/h1,3-10,18,24,26,28,45H,2,11-17,19-23,44H2,(H,46,50). The first-order valence-electron chi connectivity index (χ1n) is 17.6. The number of benzene rings is 3. The van der Waals surface area contributed by atoms with Crippen LogP contribution in [0.15, 0.2) is 66.9 Å². The summed E-state index contributed by atoms with van der Waals surface area (Å²) < 4.78 is 44.9. The van der Waals surface area contributed by atoms with Gasteiger partial charge >= 0.3 is 6.36 Å². The van der Waals surface area contributed by atoms with E-state index in [0.29, 0.717) is 54.4 Å². The maximum Gasteiger partial charge on any atom is 0.573 e. The maximum atomic E-state index is 12.9. The highest BCUT2D eigenvalue weighted by molar-refractivity contribution is 6.36. The Labute approximate surface area is 306 Å². The molecule has 13 heteroatoms. The van der Waals surface area contributed by atoms with Gasteiger partial charge in [0, 0.05) is 90.1 Å². The zero-order valence-electron chi connectivity index (χ0n) is 28.3. The van der Waals surface area contributed by atoms with Crippen LogP contribution < -0.4 is 21.1 Å². The zero-order chi connectivity index (χ0) is 35.8. The summed E-state index contributed by atoms with van der Waals surface area (Å²) >= 11 is 13.0. The lowest BCUT2D eigenvalue weighted by Crippen LogP contribution is -2.59. The second-order valence-electron chi connectivity index (χ2n) is 14.3. The molecule has 7 rings (SSSR count). The lowest BCUT2D eigenvalue weighted by molar-refractivity contribution is -0.274. The van der Waals surface area contributed by atoms with E-state index in [1.807, 2.05) is 24.4 Å². The van der Waals surface area contributed by atoms with E-state index in [0.717, 1.165) is 79.8 Å². The van der Waals surface area contributed by atoms with Crippen molar-refractivity contribution < 1.29 is 22.7 Å². The topological polar surface area (TPSA) is 87.8 Å². The van der Waals surface area contributed by atoms with E-state index in [1.165, 1.54) is 17.7 Å². The van der Waals surface area contributed by atoms with Crippen molar-refractivity contribution in [2.75, 3.05) is 39.3 Å². The predicted molar refractivity (Wildman–Crippen MR) is 195 cm³/mol. The number of amides is 1. The molecule has 3 aliphatic rings. The molecule has 0 aliphatic carbocycles. The Morgan fingerprint density at radius 1 is 1.00 bits per heavy atom. The van der Waals surface area contributed by atoms with E-state index >= 15 is 0 Å². The van der Waals surface area contributed by atoms with Crippen LogP contribution in [0.1, 0.15) is 36.8 Å². The highest BCUT2D eigenvalue weighted by Crippen LogP contribution is 2.37. The molecule has 4 aromatic rings. The number of fused-ring (bicyclic) bond motifs is 3. The third-order valence-electron chi connectivity index (χ3n) is 10.6. The molecule has 3 saturated heterocycles. The van der Waals surface area contributed by atoms with Crippen molar-refractivity contribution in [2.24, 2.45) is 11.7 Å². The number of carbonyl (C=O) groups excluding carboxylic acids is 1.